The lowest BCUT2D eigenvalue weighted by molar-refractivity contribution is 0.201. The Kier molecular flexibility index (Phi) is 15.6. The lowest BCUT2D eigenvalue weighted by Gasteiger charge is -2.18. The summed E-state index contributed by atoms with van der Waals surface area (Å²) < 4.78 is 26.3. The molecule has 0 aromatic heterocycles. The Hall–Kier alpha value is 0.330. The predicted octanol–water partition coefficient (Wildman–Crippen LogP) is 11.7. The molecular weight excluding hydrogens is 638 g/mol. The molecule has 0 fully saturated rings. The van der Waals surface area contributed by atoms with E-state index < -0.39 is 7.82 Å². The van der Waals surface area contributed by atoms with Gasteiger partial charge < -0.3 is 4.52 Å². The summed E-state index contributed by atoms with van der Waals surface area (Å²) >= 11 is 41.3. The van der Waals surface area contributed by atoms with Gasteiger partial charge in [-0.3, -0.25) is 9.05 Å². The molecule has 0 aliphatic rings. The van der Waals surface area contributed by atoms with E-state index in [1.54, 1.807) is 11.6 Å². The number of hydrogen-bond donors (Lipinski definition) is 0. The summed E-state index contributed by atoms with van der Waals surface area (Å²) in [5.41, 5.74) is 4.01. The highest BCUT2D eigenvalue weighted by molar-refractivity contribution is 7.68. The van der Waals surface area contributed by atoms with Crippen LogP contribution in [0.4, 0.5) is 0 Å². The van der Waals surface area contributed by atoms with E-state index in [1.165, 1.54) is 26.4 Å². The molecule has 0 unspecified atom stereocenters. The highest BCUT2D eigenvalue weighted by Crippen LogP contribution is 2.53. The van der Waals surface area contributed by atoms with Crippen LogP contribution in [0.1, 0.15) is 25.0 Å². The van der Waals surface area contributed by atoms with Gasteiger partial charge >= 0.3 is 7.82 Å². The van der Waals surface area contributed by atoms with E-state index in [0.717, 1.165) is 28.7 Å². The van der Waals surface area contributed by atoms with Gasteiger partial charge in [0.15, 0.2) is 5.76 Å². The molecule has 0 saturated carbocycles. The van der Waals surface area contributed by atoms with Gasteiger partial charge in [-0.05, 0) is 41.9 Å². The van der Waals surface area contributed by atoms with E-state index in [9.17, 15) is 4.57 Å². The zero-order valence-corrected chi connectivity index (χ0v) is 26.2. The topological polar surface area (TPSA) is 44.8 Å². The van der Waals surface area contributed by atoms with E-state index >= 15 is 0 Å². The zero-order chi connectivity index (χ0) is 26.8. The summed E-state index contributed by atoms with van der Waals surface area (Å²) in [5.74, 6) is -0.0164. The largest absolute Gasteiger partial charge is 0.529 e. The molecule has 0 heterocycles. The van der Waals surface area contributed by atoms with Crippen molar-refractivity contribution in [3.05, 3.63) is 77.6 Å². The SMILES string of the molecule is CCP(CC)/C(=C\Cl)c1ccc(Cl)cc1Cl.COP(=O)(OC)O/C(=C/Cl)c1cc(Cl)c(Cl)cc1Cl. The van der Waals surface area contributed by atoms with Gasteiger partial charge in [-0.15, -0.1) is 0 Å². The molecular formula is C22H23Cl7O4P2. The molecule has 2 aromatic rings. The van der Waals surface area contributed by atoms with E-state index in [-0.39, 0.29) is 28.7 Å². The summed E-state index contributed by atoms with van der Waals surface area (Å²) in [7, 11) is -1.63. The fourth-order valence-corrected chi connectivity index (χ4v) is 7.13. The molecule has 0 amide bonds. The Morgan fingerprint density at radius 2 is 1.37 bits per heavy atom. The molecule has 0 saturated heterocycles. The van der Waals surface area contributed by atoms with E-state index in [0.29, 0.717) is 15.6 Å². The van der Waals surface area contributed by atoms with Crippen molar-refractivity contribution in [1.29, 1.82) is 0 Å². The molecule has 0 aliphatic heterocycles. The van der Waals surface area contributed by atoms with Crippen molar-refractivity contribution in [3.8, 4) is 0 Å². The molecule has 194 valence electrons. The van der Waals surface area contributed by atoms with Gasteiger partial charge in [-0.25, -0.2) is 4.57 Å². The lowest BCUT2D eigenvalue weighted by Crippen LogP contribution is -1.96. The highest BCUT2D eigenvalue weighted by Gasteiger charge is 2.27. The molecule has 0 bridgehead atoms. The number of halogens is 7. The first kappa shape index (κ1) is 33.4. The van der Waals surface area contributed by atoms with Crippen molar-refractivity contribution in [2.75, 3.05) is 26.5 Å². The van der Waals surface area contributed by atoms with Crippen LogP contribution in [-0.2, 0) is 18.1 Å². The maximum absolute atomic E-state index is 11.9. The van der Waals surface area contributed by atoms with Crippen molar-refractivity contribution in [1.82, 2.24) is 0 Å². The average Bonchev–Trinajstić information content (AvgIpc) is 2.84. The normalized spacial score (nSPS) is 12.5. The minimum absolute atomic E-state index is 0.0164. The summed E-state index contributed by atoms with van der Waals surface area (Å²) in [4.78, 5) is 0. The average molecular weight is 662 g/mol. The second-order valence-electron chi connectivity index (χ2n) is 6.41. The molecule has 2 aromatic carbocycles. The molecule has 0 radical (unpaired) electrons. The maximum Gasteiger partial charge on any atom is 0.529 e. The third-order valence-electron chi connectivity index (χ3n) is 4.45. The summed E-state index contributed by atoms with van der Waals surface area (Å²) in [6, 6.07) is 8.39. The molecule has 4 nitrogen and oxygen atoms in total. The summed E-state index contributed by atoms with van der Waals surface area (Å²) in [6.45, 7) is 4.36. The third kappa shape index (κ3) is 9.86. The number of phosphoric acid groups is 1. The van der Waals surface area contributed by atoms with Gasteiger partial charge in [0.25, 0.3) is 0 Å². The monoisotopic (exact) mass is 658 g/mol. The van der Waals surface area contributed by atoms with Crippen molar-refractivity contribution in [2.24, 2.45) is 0 Å². The smallest absolute Gasteiger partial charge is 0.402 e. The fraction of sp³-hybridized carbons (Fsp3) is 0.273. The standard InChI is InChI=1S/C12H14Cl3P.C10H9Cl4O4P/c1-3-16(4-2)12(8-13)10-6-5-9(14)7-11(10)15;1-16-19(15,17-2)18-10(5-11)6-3-8(13)9(14)4-7(6)12/h5-8H,3-4H2,1-2H3;3-5H,1-2H3/b12-8-;10-5+. The summed E-state index contributed by atoms with van der Waals surface area (Å²) in [5, 5.41) is 3.22. The van der Waals surface area contributed by atoms with Crippen LogP contribution in [0.5, 0.6) is 0 Å². The Labute approximate surface area is 242 Å². The second kappa shape index (κ2) is 16.3. The minimum atomic E-state index is -3.75. The number of hydrogen-bond acceptors (Lipinski definition) is 4. The molecule has 0 N–H and O–H groups in total. The molecule has 35 heavy (non-hydrogen) atoms. The van der Waals surface area contributed by atoms with Gasteiger partial charge in [-0.2, -0.15) is 0 Å². The fourth-order valence-electron chi connectivity index (χ4n) is 2.67. The van der Waals surface area contributed by atoms with Gasteiger partial charge in [-0.1, -0.05) is 109 Å². The van der Waals surface area contributed by atoms with Gasteiger partial charge in [0.2, 0.25) is 0 Å². The Balaban J connectivity index is 0.000000355. The van der Waals surface area contributed by atoms with Crippen molar-refractivity contribution >= 4 is 108 Å². The van der Waals surface area contributed by atoms with Gasteiger partial charge in [0.05, 0.1) is 15.1 Å². The third-order valence-corrected chi connectivity index (χ3v) is 10.5. The molecule has 0 aliphatic carbocycles. The minimum Gasteiger partial charge on any atom is -0.402 e. The van der Waals surface area contributed by atoms with Gasteiger partial charge in [0, 0.05) is 46.5 Å². The maximum atomic E-state index is 11.9. The van der Waals surface area contributed by atoms with Crippen molar-refractivity contribution < 1.29 is 18.1 Å². The van der Waals surface area contributed by atoms with E-state index in [2.05, 4.69) is 22.9 Å². The number of phosphoric ester groups is 1. The first-order valence-corrected chi connectivity index (χ1v) is 15.8. The quantitative estimate of drug-likeness (QED) is 0.152. The highest BCUT2D eigenvalue weighted by atomic mass is 35.5. The molecule has 2 rings (SSSR count). The number of benzene rings is 2. The molecule has 0 spiro atoms. The Morgan fingerprint density at radius 1 is 0.829 bits per heavy atom. The van der Waals surface area contributed by atoms with E-state index in [4.69, 9.17) is 85.7 Å². The van der Waals surface area contributed by atoms with Crippen LogP contribution in [0.15, 0.2) is 41.4 Å². The zero-order valence-electron chi connectivity index (χ0n) is 19.1. The van der Waals surface area contributed by atoms with Crippen molar-refractivity contribution in [2.45, 2.75) is 13.8 Å². The van der Waals surface area contributed by atoms with Crippen LogP contribution in [0.25, 0.3) is 11.1 Å². The van der Waals surface area contributed by atoms with Crippen molar-refractivity contribution in [3.63, 3.8) is 0 Å². The lowest BCUT2D eigenvalue weighted by atomic mass is 10.2. The van der Waals surface area contributed by atoms with Crippen LogP contribution in [-0.4, -0.2) is 26.5 Å². The van der Waals surface area contributed by atoms with Crippen LogP contribution < -0.4 is 0 Å². The van der Waals surface area contributed by atoms with E-state index in [1.807, 2.05) is 12.1 Å². The van der Waals surface area contributed by atoms with Crippen LogP contribution >= 0.6 is 97.0 Å². The second-order valence-corrected chi connectivity index (χ2v) is 13.5. The van der Waals surface area contributed by atoms with Crippen LogP contribution in [0.2, 0.25) is 25.1 Å². The van der Waals surface area contributed by atoms with Gasteiger partial charge in [0.1, 0.15) is 0 Å². The molecule has 0 atom stereocenters. The Morgan fingerprint density at radius 3 is 1.83 bits per heavy atom. The van der Waals surface area contributed by atoms with Crippen LogP contribution in [0.3, 0.4) is 0 Å². The first-order chi connectivity index (χ1) is 16.5. The predicted molar refractivity (Wildman–Crippen MR) is 156 cm³/mol. The van der Waals surface area contributed by atoms with Crippen LogP contribution in [0, 0.1) is 0 Å². The number of rotatable bonds is 9. The summed E-state index contributed by atoms with van der Waals surface area (Å²) in [6.07, 6.45) is 2.23. The Bertz CT molecular complexity index is 1100. The first-order valence-electron chi connectivity index (χ1n) is 9.87. The molecule has 13 heteroatoms.